The summed E-state index contributed by atoms with van der Waals surface area (Å²) in [6.45, 7) is 3.87. The molecular weight excluding hydrogens is 473 g/mol. The number of hydrogen-bond acceptors (Lipinski definition) is 5. The zero-order chi connectivity index (χ0) is 23.8. The summed E-state index contributed by atoms with van der Waals surface area (Å²) in [7, 11) is 1.68. The van der Waals surface area contributed by atoms with Crippen LogP contribution < -0.4 is 14.2 Å². The lowest BCUT2D eigenvalue weighted by molar-refractivity contribution is 0.0952. The number of para-hydroxylation sites is 1. The van der Waals surface area contributed by atoms with E-state index in [-0.39, 0.29) is 11.5 Å². The van der Waals surface area contributed by atoms with Gasteiger partial charge < -0.3 is 14.2 Å². The second kappa shape index (κ2) is 9.34. The highest BCUT2D eigenvalue weighted by molar-refractivity contribution is 6.37. The monoisotopic (exact) mass is 495 g/mol. The van der Waals surface area contributed by atoms with E-state index in [4.69, 9.17) is 37.4 Å². The van der Waals surface area contributed by atoms with Crippen LogP contribution >= 0.6 is 23.2 Å². The number of fused-ring (bicyclic) bond motifs is 2. The molecular formula is C27H23Cl2NO4. The van der Waals surface area contributed by atoms with E-state index in [1.165, 1.54) is 0 Å². The maximum atomic E-state index is 13.2. The van der Waals surface area contributed by atoms with E-state index in [1.807, 2.05) is 31.2 Å². The van der Waals surface area contributed by atoms with Crippen LogP contribution in [0.2, 0.25) is 10.0 Å². The molecule has 0 unspecified atom stereocenters. The molecule has 0 bridgehead atoms. The molecule has 0 spiro atoms. The Balaban J connectivity index is 1.38. The first-order valence-corrected chi connectivity index (χ1v) is 11.7. The van der Waals surface area contributed by atoms with E-state index in [0.29, 0.717) is 40.2 Å². The van der Waals surface area contributed by atoms with Gasteiger partial charge in [-0.1, -0.05) is 47.5 Å². The van der Waals surface area contributed by atoms with Crippen molar-refractivity contribution in [1.29, 1.82) is 0 Å². The molecule has 3 aromatic rings. The molecule has 0 fully saturated rings. The molecule has 0 saturated carbocycles. The van der Waals surface area contributed by atoms with Gasteiger partial charge in [-0.15, -0.1) is 0 Å². The zero-order valence-corrected chi connectivity index (χ0v) is 20.4. The molecule has 2 aliphatic heterocycles. The second-order valence-corrected chi connectivity index (χ2v) is 9.14. The van der Waals surface area contributed by atoms with Crippen molar-refractivity contribution in [2.45, 2.75) is 19.9 Å². The average Bonchev–Trinajstić information content (AvgIpc) is 3.15. The molecule has 0 N–H and O–H groups in total. The van der Waals surface area contributed by atoms with Crippen molar-refractivity contribution >= 4 is 35.1 Å². The van der Waals surface area contributed by atoms with Gasteiger partial charge in [0.2, 0.25) is 5.78 Å². The summed E-state index contributed by atoms with van der Waals surface area (Å²) < 4.78 is 17.5. The molecule has 0 radical (unpaired) electrons. The van der Waals surface area contributed by atoms with Gasteiger partial charge in [0.05, 0.1) is 12.7 Å². The first kappa shape index (κ1) is 22.8. The molecule has 0 aromatic heterocycles. The molecule has 2 heterocycles. The number of halogens is 2. The van der Waals surface area contributed by atoms with E-state index in [1.54, 1.807) is 31.4 Å². The van der Waals surface area contributed by atoms with Gasteiger partial charge in [-0.3, -0.25) is 9.69 Å². The molecule has 0 atom stereocenters. The number of ketones is 1. The van der Waals surface area contributed by atoms with Crippen LogP contribution in [0.15, 0.2) is 54.3 Å². The van der Waals surface area contributed by atoms with Crippen molar-refractivity contribution < 1.29 is 19.0 Å². The van der Waals surface area contributed by atoms with Crippen molar-refractivity contribution in [1.82, 2.24) is 4.90 Å². The predicted octanol–water partition coefficient (Wildman–Crippen LogP) is 6.32. The molecule has 0 amide bonds. The van der Waals surface area contributed by atoms with Crippen LogP contribution in [0, 0.1) is 6.92 Å². The van der Waals surface area contributed by atoms with Gasteiger partial charge in [-0.05, 0) is 49.2 Å². The minimum absolute atomic E-state index is 0.192. The number of ether oxygens (including phenoxy) is 3. The Labute approximate surface area is 208 Å². The van der Waals surface area contributed by atoms with E-state index >= 15 is 0 Å². The van der Waals surface area contributed by atoms with Crippen LogP contribution in [0.1, 0.15) is 32.6 Å². The van der Waals surface area contributed by atoms with Gasteiger partial charge in [-0.25, -0.2) is 0 Å². The zero-order valence-electron chi connectivity index (χ0n) is 18.9. The maximum absolute atomic E-state index is 13.2. The molecule has 174 valence electrons. The van der Waals surface area contributed by atoms with Gasteiger partial charge in [0.25, 0.3) is 0 Å². The Bertz CT molecular complexity index is 1300. The number of allylic oxidation sites excluding steroid dienone is 1. The lowest BCUT2D eigenvalue weighted by Gasteiger charge is -2.30. The van der Waals surface area contributed by atoms with Crippen LogP contribution in [0.3, 0.4) is 0 Å². The van der Waals surface area contributed by atoms with Gasteiger partial charge in [-0.2, -0.15) is 0 Å². The summed E-state index contributed by atoms with van der Waals surface area (Å²) in [4.78, 5) is 15.4. The summed E-state index contributed by atoms with van der Waals surface area (Å²) >= 11 is 12.6. The Kier molecular flexibility index (Phi) is 6.26. The molecule has 5 nitrogen and oxygen atoms in total. The Morgan fingerprint density at radius 3 is 2.62 bits per heavy atom. The topological polar surface area (TPSA) is 48.0 Å². The van der Waals surface area contributed by atoms with E-state index in [2.05, 4.69) is 11.0 Å². The molecule has 2 aliphatic rings. The number of carbonyl (C=O) groups excluding carboxylic acids is 1. The second-order valence-electron chi connectivity index (χ2n) is 8.33. The highest BCUT2D eigenvalue weighted by Crippen LogP contribution is 2.43. The van der Waals surface area contributed by atoms with Crippen molar-refractivity contribution in [3.05, 3.63) is 92.2 Å². The van der Waals surface area contributed by atoms with Gasteiger partial charge in [0.1, 0.15) is 24.0 Å². The van der Waals surface area contributed by atoms with Gasteiger partial charge in [0.15, 0.2) is 5.76 Å². The summed E-state index contributed by atoms with van der Waals surface area (Å²) in [5.74, 6) is 2.19. The molecule has 34 heavy (non-hydrogen) atoms. The first-order valence-electron chi connectivity index (χ1n) is 11.0. The predicted molar refractivity (Wildman–Crippen MR) is 133 cm³/mol. The van der Waals surface area contributed by atoms with Crippen LogP contribution in [-0.4, -0.2) is 31.1 Å². The lowest BCUT2D eigenvalue weighted by atomic mass is 9.99. The van der Waals surface area contributed by atoms with Crippen LogP contribution in [0.25, 0.3) is 6.08 Å². The van der Waals surface area contributed by atoms with Crippen molar-refractivity contribution in [3.8, 4) is 17.2 Å². The van der Waals surface area contributed by atoms with Crippen molar-refractivity contribution in [3.63, 3.8) is 0 Å². The fourth-order valence-corrected chi connectivity index (χ4v) is 4.91. The van der Waals surface area contributed by atoms with Gasteiger partial charge >= 0.3 is 0 Å². The Morgan fingerprint density at radius 1 is 1.09 bits per heavy atom. The number of nitrogens with zero attached hydrogens (tertiary/aromatic N) is 1. The SMILES string of the molecule is COc1ccccc1CCN1COc2c(cc3c(c2C)O/C(=C\c2c(Cl)cccc2Cl)C3=O)C1. The van der Waals surface area contributed by atoms with Crippen LogP contribution in [0.5, 0.6) is 17.2 Å². The Morgan fingerprint density at radius 2 is 1.85 bits per heavy atom. The molecule has 7 heteroatoms. The van der Waals surface area contributed by atoms with E-state index in [0.717, 1.165) is 41.2 Å². The largest absolute Gasteiger partial charge is 0.496 e. The number of hydrogen-bond donors (Lipinski definition) is 0. The van der Waals surface area contributed by atoms with E-state index in [9.17, 15) is 4.79 Å². The number of methoxy groups -OCH3 is 1. The number of benzene rings is 3. The van der Waals surface area contributed by atoms with Crippen molar-refractivity contribution in [2.24, 2.45) is 0 Å². The third-order valence-electron chi connectivity index (χ3n) is 6.17. The quantitative estimate of drug-likeness (QED) is 0.387. The fourth-order valence-electron chi connectivity index (χ4n) is 4.41. The molecule has 5 rings (SSSR count). The van der Waals surface area contributed by atoms with Crippen LogP contribution in [0.4, 0.5) is 0 Å². The molecule has 0 aliphatic carbocycles. The minimum Gasteiger partial charge on any atom is -0.496 e. The smallest absolute Gasteiger partial charge is 0.231 e. The standard InChI is InChI=1S/C27H23Cl2NO4/c1-16-26-18(14-30(15-33-26)11-10-17-6-3-4-9-23(17)32-2)12-20-25(31)24(34-27(16)20)13-19-21(28)7-5-8-22(19)29/h3-9,12-13H,10-11,14-15H2,1-2H3/b24-13-. The summed E-state index contributed by atoms with van der Waals surface area (Å²) in [5.41, 5.74) is 4.02. The minimum atomic E-state index is -0.192. The lowest BCUT2D eigenvalue weighted by Crippen LogP contribution is -2.34. The molecule has 3 aromatic carbocycles. The summed E-state index contributed by atoms with van der Waals surface area (Å²) in [6, 6.07) is 15.1. The number of carbonyl (C=O) groups is 1. The highest BCUT2D eigenvalue weighted by Gasteiger charge is 2.34. The summed E-state index contributed by atoms with van der Waals surface area (Å²) in [5, 5.41) is 0.912. The maximum Gasteiger partial charge on any atom is 0.231 e. The normalized spacial score (nSPS) is 16.1. The fraction of sp³-hybridized carbons (Fsp3) is 0.222. The first-order chi connectivity index (χ1) is 16.5. The molecule has 0 saturated heterocycles. The summed E-state index contributed by atoms with van der Waals surface area (Å²) in [6.07, 6.45) is 2.44. The van der Waals surface area contributed by atoms with E-state index < -0.39 is 0 Å². The highest BCUT2D eigenvalue weighted by atomic mass is 35.5. The third kappa shape index (κ3) is 4.16. The Hall–Kier alpha value is -2.99. The average molecular weight is 496 g/mol. The van der Waals surface area contributed by atoms with Gasteiger partial charge in [0, 0.05) is 39.8 Å². The number of Topliss-reactive ketones (excluding diaryl/α,β-unsaturated/α-hetero) is 1. The number of rotatable bonds is 5. The van der Waals surface area contributed by atoms with Crippen LogP contribution in [-0.2, 0) is 13.0 Å². The third-order valence-corrected chi connectivity index (χ3v) is 6.83. The van der Waals surface area contributed by atoms with Crippen molar-refractivity contribution in [2.75, 3.05) is 20.4 Å².